The van der Waals surface area contributed by atoms with Gasteiger partial charge in [-0.1, -0.05) is 25.3 Å². The molecule has 3 rings (SSSR count). The van der Waals surface area contributed by atoms with Gasteiger partial charge in [0.05, 0.1) is 6.61 Å². The Bertz CT molecular complexity index is 680. The first-order chi connectivity index (χ1) is 13.2. The lowest BCUT2D eigenvalue weighted by Crippen LogP contribution is -2.41. The second-order valence-corrected chi connectivity index (χ2v) is 7.45. The number of hydrogen-bond donors (Lipinski definition) is 1. The first-order valence-corrected chi connectivity index (χ1v) is 10.1. The monoisotopic (exact) mass is 370 g/mol. The molecule has 1 aromatic rings. The van der Waals surface area contributed by atoms with E-state index in [1.807, 2.05) is 29.2 Å². The third kappa shape index (κ3) is 5.34. The summed E-state index contributed by atoms with van der Waals surface area (Å²) in [5.74, 6) is 1.07. The SMILES string of the molecule is C=CCN(C(=O)CCCOc1ccc2c(c1)CCC(=O)N2)C1CCCCC1. The number of hydrogen-bond acceptors (Lipinski definition) is 3. The molecule has 5 heteroatoms. The van der Waals surface area contributed by atoms with Crippen molar-refractivity contribution >= 4 is 17.5 Å². The Kier molecular flexibility index (Phi) is 6.91. The fourth-order valence-corrected chi connectivity index (χ4v) is 3.99. The number of anilines is 1. The number of amides is 2. The van der Waals surface area contributed by atoms with Crippen molar-refractivity contribution in [2.45, 2.75) is 63.8 Å². The smallest absolute Gasteiger partial charge is 0.224 e. The molecule has 0 saturated heterocycles. The second kappa shape index (κ2) is 9.58. The molecule has 1 saturated carbocycles. The molecular formula is C22H30N2O3. The van der Waals surface area contributed by atoms with Crippen molar-refractivity contribution in [1.82, 2.24) is 4.90 Å². The van der Waals surface area contributed by atoms with Gasteiger partial charge in [-0.05, 0) is 49.4 Å². The molecule has 0 aromatic heterocycles. The first kappa shape index (κ1) is 19.5. The van der Waals surface area contributed by atoms with Crippen molar-refractivity contribution in [3.63, 3.8) is 0 Å². The van der Waals surface area contributed by atoms with Gasteiger partial charge in [0.2, 0.25) is 11.8 Å². The van der Waals surface area contributed by atoms with Gasteiger partial charge in [0.15, 0.2) is 0 Å². The summed E-state index contributed by atoms with van der Waals surface area (Å²) in [7, 11) is 0. The minimum atomic E-state index is 0.0664. The van der Waals surface area contributed by atoms with E-state index in [1.165, 1.54) is 19.3 Å². The minimum absolute atomic E-state index is 0.0664. The third-order valence-corrected chi connectivity index (χ3v) is 5.44. The number of benzene rings is 1. The van der Waals surface area contributed by atoms with E-state index in [-0.39, 0.29) is 11.8 Å². The molecule has 0 spiro atoms. The van der Waals surface area contributed by atoms with Crippen LogP contribution in [-0.2, 0) is 16.0 Å². The maximum absolute atomic E-state index is 12.6. The highest BCUT2D eigenvalue weighted by molar-refractivity contribution is 5.94. The zero-order chi connectivity index (χ0) is 19.1. The van der Waals surface area contributed by atoms with Crippen LogP contribution in [-0.4, -0.2) is 35.9 Å². The molecule has 1 fully saturated rings. The van der Waals surface area contributed by atoms with E-state index in [2.05, 4.69) is 11.9 Å². The number of carbonyl (C=O) groups excluding carboxylic acids is 2. The Morgan fingerprint density at radius 3 is 2.85 bits per heavy atom. The number of carbonyl (C=O) groups is 2. The summed E-state index contributed by atoms with van der Waals surface area (Å²) in [6, 6.07) is 6.13. The van der Waals surface area contributed by atoms with Crippen molar-refractivity contribution in [3.8, 4) is 5.75 Å². The van der Waals surface area contributed by atoms with Gasteiger partial charge in [-0.15, -0.1) is 6.58 Å². The Hall–Kier alpha value is -2.30. The number of ether oxygens (including phenoxy) is 1. The number of rotatable bonds is 8. The Balaban J connectivity index is 1.45. The van der Waals surface area contributed by atoms with E-state index in [4.69, 9.17) is 4.74 Å². The molecule has 0 bridgehead atoms. The molecule has 0 atom stereocenters. The number of nitrogens with zero attached hydrogens (tertiary/aromatic N) is 1. The van der Waals surface area contributed by atoms with Gasteiger partial charge in [0.1, 0.15) is 5.75 Å². The summed E-state index contributed by atoms with van der Waals surface area (Å²) in [6.45, 7) is 4.97. The van der Waals surface area contributed by atoms with Crippen molar-refractivity contribution in [2.24, 2.45) is 0 Å². The summed E-state index contributed by atoms with van der Waals surface area (Å²) in [5.41, 5.74) is 1.99. The zero-order valence-electron chi connectivity index (χ0n) is 16.0. The molecule has 1 aromatic carbocycles. The summed E-state index contributed by atoms with van der Waals surface area (Å²) < 4.78 is 5.83. The van der Waals surface area contributed by atoms with Crippen molar-refractivity contribution < 1.29 is 14.3 Å². The maximum Gasteiger partial charge on any atom is 0.224 e. The van der Waals surface area contributed by atoms with Gasteiger partial charge in [-0.2, -0.15) is 0 Å². The molecule has 1 heterocycles. The van der Waals surface area contributed by atoms with E-state index in [0.29, 0.717) is 38.5 Å². The van der Waals surface area contributed by atoms with Crippen LogP contribution in [0, 0.1) is 0 Å². The Labute approximate surface area is 161 Å². The number of aryl methyl sites for hydroxylation is 1. The Morgan fingerprint density at radius 2 is 2.07 bits per heavy atom. The predicted octanol–water partition coefficient (Wildman–Crippen LogP) is 4.08. The van der Waals surface area contributed by atoms with Crippen LogP contribution in [0.2, 0.25) is 0 Å². The van der Waals surface area contributed by atoms with Gasteiger partial charge in [0, 0.05) is 31.1 Å². The normalized spacial score (nSPS) is 17.0. The lowest BCUT2D eigenvalue weighted by Gasteiger charge is -2.33. The second-order valence-electron chi connectivity index (χ2n) is 7.45. The van der Waals surface area contributed by atoms with Gasteiger partial charge in [0.25, 0.3) is 0 Å². The highest BCUT2D eigenvalue weighted by Gasteiger charge is 2.24. The average Bonchev–Trinajstić information content (AvgIpc) is 2.70. The molecule has 1 N–H and O–H groups in total. The fourth-order valence-electron chi connectivity index (χ4n) is 3.99. The molecule has 0 unspecified atom stereocenters. The maximum atomic E-state index is 12.6. The Morgan fingerprint density at radius 1 is 1.26 bits per heavy atom. The fraction of sp³-hybridized carbons (Fsp3) is 0.545. The van der Waals surface area contributed by atoms with E-state index in [9.17, 15) is 9.59 Å². The van der Waals surface area contributed by atoms with Crippen LogP contribution in [0.4, 0.5) is 5.69 Å². The molecule has 5 nitrogen and oxygen atoms in total. The molecule has 2 amide bonds. The van der Waals surface area contributed by atoms with Gasteiger partial charge < -0.3 is 15.0 Å². The first-order valence-electron chi connectivity index (χ1n) is 10.1. The van der Waals surface area contributed by atoms with E-state index >= 15 is 0 Å². The summed E-state index contributed by atoms with van der Waals surface area (Å²) in [5, 5.41) is 2.87. The largest absolute Gasteiger partial charge is 0.494 e. The van der Waals surface area contributed by atoms with Crippen LogP contribution < -0.4 is 10.1 Å². The quantitative estimate of drug-likeness (QED) is 0.554. The topological polar surface area (TPSA) is 58.6 Å². The summed E-state index contributed by atoms with van der Waals surface area (Å²) in [6.07, 6.45) is 10.2. The van der Waals surface area contributed by atoms with Crippen molar-refractivity contribution in [2.75, 3.05) is 18.5 Å². The number of fused-ring (bicyclic) bond motifs is 1. The standard InChI is InChI=1S/C22H30N2O3/c1-2-14-24(18-7-4-3-5-8-18)22(26)9-6-15-27-19-11-12-20-17(16-19)10-13-21(25)23-20/h2,11-12,16,18H,1,3-10,13-15H2,(H,23,25). The number of nitrogens with one attached hydrogen (secondary N) is 1. The molecule has 1 aliphatic heterocycles. The highest BCUT2D eigenvalue weighted by atomic mass is 16.5. The van der Waals surface area contributed by atoms with E-state index < -0.39 is 0 Å². The van der Waals surface area contributed by atoms with Gasteiger partial charge in [-0.25, -0.2) is 0 Å². The predicted molar refractivity (Wildman–Crippen MR) is 107 cm³/mol. The molecule has 27 heavy (non-hydrogen) atoms. The highest BCUT2D eigenvalue weighted by Crippen LogP contribution is 2.27. The van der Waals surface area contributed by atoms with Crippen molar-refractivity contribution in [1.29, 1.82) is 0 Å². The minimum Gasteiger partial charge on any atom is -0.494 e. The van der Waals surface area contributed by atoms with Crippen molar-refractivity contribution in [3.05, 3.63) is 36.4 Å². The van der Waals surface area contributed by atoms with Crippen LogP contribution in [0.15, 0.2) is 30.9 Å². The average molecular weight is 370 g/mol. The summed E-state index contributed by atoms with van der Waals surface area (Å²) in [4.78, 5) is 26.1. The molecule has 0 radical (unpaired) electrons. The van der Waals surface area contributed by atoms with Gasteiger partial charge in [-0.3, -0.25) is 9.59 Å². The van der Waals surface area contributed by atoms with Crippen LogP contribution >= 0.6 is 0 Å². The van der Waals surface area contributed by atoms with Crippen LogP contribution in [0.5, 0.6) is 5.75 Å². The van der Waals surface area contributed by atoms with Crippen LogP contribution in [0.1, 0.15) is 56.9 Å². The molecule has 2 aliphatic rings. The molecular weight excluding hydrogens is 340 g/mol. The van der Waals surface area contributed by atoms with Crippen LogP contribution in [0.25, 0.3) is 0 Å². The van der Waals surface area contributed by atoms with E-state index in [1.54, 1.807) is 0 Å². The molecule has 1 aliphatic carbocycles. The zero-order valence-corrected chi connectivity index (χ0v) is 16.0. The molecule has 146 valence electrons. The third-order valence-electron chi connectivity index (χ3n) is 5.44. The lowest BCUT2D eigenvalue weighted by molar-refractivity contribution is -0.133. The van der Waals surface area contributed by atoms with Gasteiger partial charge >= 0.3 is 0 Å². The lowest BCUT2D eigenvalue weighted by atomic mass is 9.94. The summed E-state index contributed by atoms with van der Waals surface area (Å²) >= 11 is 0. The van der Waals surface area contributed by atoms with E-state index in [0.717, 1.165) is 36.3 Å². The van der Waals surface area contributed by atoms with Crippen LogP contribution in [0.3, 0.4) is 0 Å².